The maximum Gasteiger partial charge on any atom is 0.165 e. The second-order valence-corrected chi connectivity index (χ2v) is 4.54. The van der Waals surface area contributed by atoms with E-state index in [9.17, 15) is 17.6 Å². The molecule has 0 radical (unpaired) electrons. The van der Waals surface area contributed by atoms with E-state index in [1.54, 1.807) is 0 Å². The Hall–Kier alpha value is -1.56. The van der Waals surface area contributed by atoms with E-state index in [1.165, 1.54) is 6.07 Å². The van der Waals surface area contributed by atoms with Crippen LogP contribution in [0, 0.1) is 23.3 Å². The van der Waals surface area contributed by atoms with Crippen LogP contribution in [0.4, 0.5) is 17.6 Å². The minimum Gasteiger partial charge on any atom is -0.486 e. The number of benzene rings is 2. The van der Waals surface area contributed by atoms with E-state index >= 15 is 0 Å². The lowest BCUT2D eigenvalue weighted by molar-refractivity contribution is 0.276. The van der Waals surface area contributed by atoms with Crippen LogP contribution >= 0.6 is 15.9 Å². The molecular weight excluding hydrogens is 328 g/mol. The van der Waals surface area contributed by atoms with Gasteiger partial charge in [0.15, 0.2) is 11.6 Å². The average molecular weight is 335 g/mol. The standard InChI is InChI=1S/C13H7BrF4O/c14-9-2-4-10(16)8(13(9)18)6-19-12-5-7(15)1-3-11(12)17/h1-5H,6H2. The highest BCUT2D eigenvalue weighted by Gasteiger charge is 2.14. The number of hydrogen-bond donors (Lipinski definition) is 0. The molecule has 0 unspecified atom stereocenters. The van der Waals surface area contributed by atoms with E-state index in [1.807, 2.05) is 0 Å². The van der Waals surface area contributed by atoms with Gasteiger partial charge in [0.1, 0.15) is 24.1 Å². The second-order valence-electron chi connectivity index (χ2n) is 3.69. The zero-order chi connectivity index (χ0) is 14.0. The third-order valence-corrected chi connectivity index (χ3v) is 3.02. The topological polar surface area (TPSA) is 9.23 Å². The van der Waals surface area contributed by atoms with Gasteiger partial charge in [0.05, 0.1) is 10.0 Å². The van der Waals surface area contributed by atoms with Crippen molar-refractivity contribution >= 4 is 15.9 Å². The highest BCUT2D eigenvalue weighted by atomic mass is 79.9. The minimum atomic E-state index is -0.836. The van der Waals surface area contributed by atoms with Crippen LogP contribution in [0.5, 0.6) is 5.75 Å². The van der Waals surface area contributed by atoms with Gasteiger partial charge in [-0.1, -0.05) is 0 Å². The highest BCUT2D eigenvalue weighted by Crippen LogP contribution is 2.24. The number of ether oxygens (including phenoxy) is 1. The van der Waals surface area contributed by atoms with Gasteiger partial charge < -0.3 is 4.74 Å². The molecule has 0 saturated heterocycles. The summed E-state index contributed by atoms with van der Waals surface area (Å²) in [5.74, 6) is -3.57. The molecule has 0 saturated carbocycles. The number of rotatable bonds is 3. The Labute approximate surface area is 114 Å². The summed E-state index contributed by atoms with van der Waals surface area (Å²) >= 11 is 2.90. The van der Waals surface area contributed by atoms with Gasteiger partial charge in [-0.05, 0) is 40.2 Å². The second kappa shape index (κ2) is 5.61. The van der Waals surface area contributed by atoms with Crippen molar-refractivity contribution in [2.45, 2.75) is 6.61 Å². The van der Waals surface area contributed by atoms with Gasteiger partial charge in [0.2, 0.25) is 0 Å². The first-order valence-electron chi connectivity index (χ1n) is 5.19. The molecule has 0 aromatic heterocycles. The fourth-order valence-electron chi connectivity index (χ4n) is 1.44. The Morgan fingerprint density at radius 1 is 0.947 bits per heavy atom. The summed E-state index contributed by atoms with van der Waals surface area (Å²) in [6.07, 6.45) is 0. The van der Waals surface area contributed by atoms with E-state index < -0.39 is 35.6 Å². The van der Waals surface area contributed by atoms with E-state index in [4.69, 9.17) is 4.74 Å². The average Bonchev–Trinajstić information content (AvgIpc) is 2.38. The summed E-state index contributed by atoms with van der Waals surface area (Å²) in [6.45, 7) is -0.544. The predicted octanol–water partition coefficient (Wildman–Crippen LogP) is 4.58. The van der Waals surface area contributed by atoms with Crippen LogP contribution in [0.1, 0.15) is 5.56 Å². The third-order valence-electron chi connectivity index (χ3n) is 2.40. The van der Waals surface area contributed by atoms with Crippen molar-refractivity contribution in [1.82, 2.24) is 0 Å². The molecule has 0 aliphatic heterocycles. The quantitative estimate of drug-likeness (QED) is 0.589. The molecule has 0 heterocycles. The molecule has 19 heavy (non-hydrogen) atoms. The highest BCUT2D eigenvalue weighted by molar-refractivity contribution is 9.10. The van der Waals surface area contributed by atoms with Crippen molar-refractivity contribution in [3.05, 3.63) is 63.6 Å². The van der Waals surface area contributed by atoms with Crippen LogP contribution in [-0.2, 0) is 6.61 Å². The smallest absolute Gasteiger partial charge is 0.165 e. The van der Waals surface area contributed by atoms with Gasteiger partial charge in [0, 0.05) is 6.07 Å². The monoisotopic (exact) mass is 334 g/mol. The van der Waals surface area contributed by atoms with Gasteiger partial charge in [-0.2, -0.15) is 0 Å². The maximum atomic E-state index is 13.6. The van der Waals surface area contributed by atoms with Gasteiger partial charge in [0.25, 0.3) is 0 Å². The Morgan fingerprint density at radius 3 is 2.37 bits per heavy atom. The molecule has 2 aromatic rings. The zero-order valence-electron chi connectivity index (χ0n) is 9.39. The van der Waals surface area contributed by atoms with Crippen LogP contribution in [0.25, 0.3) is 0 Å². The lowest BCUT2D eigenvalue weighted by Crippen LogP contribution is -2.04. The Bertz CT molecular complexity index is 616. The molecule has 0 atom stereocenters. The van der Waals surface area contributed by atoms with Gasteiger partial charge in [-0.15, -0.1) is 0 Å². The summed E-state index contributed by atoms with van der Waals surface area (Å²) in [5, 5.41) is 0. The minimum absolute atomic E-state index is 0.0622. The number of halogens is 5. The molecule has 0 fully saturated rings. The van der Waals surface area contributed by atoms with Gasteiger partial charge in [-0.25, -0.2) is 17.6 Å². The van der Waals surface area contributed by atoms with E-state index in [0.29, 0.717) is 0 Å². The normalized spacial score (nSPS) is 10.6. The largest absolute Gasteiger partial charge is 0.486 e. The first-order valence-corrected chi connectivity index (χ1v) is 5.98. The molecule has 6 heteroatoms. The fourth-order valence-corrected chi connectivity index (χ4v) is 1.81. The summed E-state index contributed by atoms with van der Waals surface area (Å²) in [4.78, 5) is 0. The van der Waals surface area contributed by atoms with Crippen molar-refractivity contribution in [2.75, 3.05) is 0 Å². The van der Waals surface area contributed by atoms with Crippen LogP contribution in [0.3, 0.4) is 0 Å². The Kier molecular flexibility index (Phi) is 4.09. The van der Waals surface area contributed by atoms with Crippen LogP contribution < -0.4 is 4.74 Å². The molecular formula is C13H7BrF4O. The Balaban J connectivity index is 2.24. The lowest BCUT2D eigenvalue weighted by Gasteiger charge is -2.09. The molecule has 0 aliphatic carbocycles. The van der Waals surface area contributed by atoms with Crippen molar-refractivity contribution in [3.8, 4) is 5.75 Å². The molecule has 0 amide bonds. The van der Waals surface area contributed by atoms with Gasteiger partial charge >= 0.3 is 0 Å². The Morgan fingerprint density at radius 2 is 1.63 bits per heavy atom. The van der Waals surface area contributed by atoms with E-state index in [-0.39, 0.29) is 10.0 Å². The van der Waals surface area contributed by atoms with Crippen molar-refractivity contribution in [2.24, 2.45) is 0 Å². The van der Waals surface area contributed by atoms with Crippen LogP contribution in [0.2, 0.25) is 0 Å². The molecule has 0 bridgehead atoms. The zero-order valence-corrected chi connectivity index (χ0v) is 11.0. The lowest BCUT2D eigenvalue weighted by atomic mass is 10.2. The van der Waals surface area contributed by atoms with Crippen molar-refractivity contribution in [1.29, 1.82) is 0 Å². The summed E-state index contributed by atoms with van der Waals surface area (Å²) < 4.78 is 58.1. The summed E-state index contributed by atoms with van der Waals surface area (Å²) in [5.41, 5.74) is -0.363. The first kappa shape index (κ1) is 13.9. The van der Waals surface area contributed by atoms with Crippen molar-refractivity contribution in [3.63, 3.8) is 0 Å². The first-order chi connectivity index (χ1) is 8.99. The molecule has 0 N–H and O–H groups in total. The van der Waals surface area contributed by atoms with Crippen LogP contribution in [0.15, 0.2) is 34.8 Å². The molecule has 2 aromatic carbocycles. The summed E-state index contributed by atoms with van der Waals surface area (Å²) in [7, 11) is 0. The van der Waals surface area contributed by atoms with Crippen molar-refractivity contribution < 1.29 is 22.3 Å². The van der Waals surface area contributed by atoms with E-state index in [2.05, 4.69) is 15.9 Å². The molecule has 100 valence electrons. The third kappa shape index (κ3) is 3.07. The molecule has 1 nitrogen and oxygen atoms in total. The molecule has 0 aliphatic rings. The summed E-state index contributed by atoms with van der Waals surface area (Å²) in [6, 6.07) is 4.86. The maximum absolute atomic E-state index is 13.6. The van der Waals surface area contributed by atoms with Crippen LogP contribution in [-0.4, -0.2) is 0 Å². The number of hydrogen-bond acceptors (Lipinski definition) is 1. The molecule has 0 spiro atoms. The van der Waals surface area contributed by atoms with Gasteiger partial charge in [-0.3, -0.25) is 0 Å². The predicted molar refractivity (Wildman–Crippen MR) is 64.7 cm³/mol. The molecule has 2 rings (SSSR count). The van der Waals surface area contributed by atoms with E-state index in [0.717, 1.165) is 24.3 Å². The SMILES string of the molecule is Fc1ccc(F)c(OCc2c(F)ccc(Br)c2F)c1. The fraction of sp³-hybridized carbons (Fsp3) is 0.0769.